The zero-order chi connectivity index (χ0) is 19.7. The number of carbonyl (C=O) groups is 1. The van der Waals surface area contributed by atoms with Crippen LogP contribution in [0.25, 0.3) is 17.0 Å². The maximum absolute atomic E-state index is 12.5. The van der Waals surface area contributed by atoms with Crippen LogP contribution < -0.4 is 10.5 Å². The van der Waals surface area contributed by atoms with Gasteiger partial charge in [0.05, 0.1) is 5.39 Å². The monoisotopic (exact) mass is 383 g/mol. The summed E-state index contributed by atoms with van der Waals surface area (Å²) in [6.45, 7) is 1.75. The minimum Gasteiger partial charge on any atom is -0.506 e. The highest BCUT2D eigenvalue weighted by molar-refractivity contribution is 6.32. The SMILES string of the molecule is Cc1cc2oc(=O)c(C(=O)/C=C/c3ccc(N(C)C)cc3)c(O)c2cc1Cl. The molecule has 3 rings (SSSR count). The molecule has 0 spiro atoms. The quantitative estimate of drug-likeness (QED) is 0.410. The lowest BCUT2D eigenvalue weighted by Gasteiger charge is -2.11. The fourth-order valence-electron chi connectivity index (χ4n) is 2.66. The number of allylic oxidation sites excluding steroid dienone is 1. The Bertz CT molecular complexity index is 1110. The van der Waals surface area contributed by atoms with Crippen LogP contribution in [-0.4, -0.2) is 25.0 Å². The van der Waals surface area contributed by atoms with Gasteiger partial charge in [-0.25, -0.2) is 4.79 Å². The number of hydrogen-bond acceptors (Lipinski definition) is 5. The molecule has 0 amide bonds. The van der Waals surface area contributed by atoms with Crippen LogP contribution in [0.1, 0.15) is 21.5 Å². The van der Waals surface area contributed by atoms with E-state index in [0.29, 0.717) is 10.6 Å². The Kier molecular flexibility index (Phi) is 5.06. The van der Waals surface area contributed by atoms with Gasteiger partial charge in [-0.2, -0.15) is 0 Å². The van der Waals surface area contributed by atoms with Crippen molar-refractivity contribution in [1.82, 2.24) is 0 Å². The van der Waals surface area contributed by atoms with E-state index in [1.54, 1.807) is 19.1 Å². The Balaban J connectivity index is 1.98. The van der Waals surface area contributed by atoms with Crippen LogP contribution in [0.5, 0.6) is 5.75 Å². The standard InChI is InChI=1S/C21H18ClNO4/c1-12-10-18-15(11-16(12)22)20(25)19(21(26)27-18)17(24)9-6-13-4-7-14(8-5-13)23(2)3/h4-11,25H,1-3H3/b9-6+. The first-order valence-electron chi connectivity index (χ1n) is 8.23. The number of fused-ring (bicyclic) bond motifs is 1. The Morgan fingerprint density at radius 2 is 1.85 bits per heavy atom. The highest BCUT2D eigenvalue weighted by Crippen LogP contribution is 2.31. The molecule has 0 fully saturated rings. The number of benzene rings is 2. The Hall–Kier alpha value is -3.05. The summed E-state index contributed by atoms with van der Waals surface area (Å²) in [4.78, 5) is 26.6. The minimum absolute atomic E-state index is 0.180. The third kappa shape index (κ3) is 3.73. The van der Waals surface area contributed by atoms with Crippen LogP contribution >= 0.6 is 11.6 Å². The smallest absolute Gasteiger partial charge is 0.351 e. The lowest BCUT2D eigenvalue weighted by atomic mass is 10.1. The summed E-state index contributed by atoms with van der Waals surface area (Å²) in [6, 6.07) is 10.6. The Morgan fingerprint density at radius 1 is 1.19 bits per heavy atom. The van der Waals surface area contributed by atoms with E-state index in [1.807, 2.05) is 43.3 Å². The molecule has 1 N–H and O–H groups in total. The summed E-state index contributed by atoms with van der Waals surface area (Å²) in [5.41, 5.74) is 1.39. The number of hydrogen-bond donors (Lipinski definition) is 1. The molecule has 0 unspecified atom stereocenters. The average Bonchev–Trinajstić information content (AvgIpc) is 2.62. The summed E-state index contributed by atoms with van der Waals surface area (Å²) in [5, 5.41) is 11.1. The van der Waals surface area contributed by atoms with Crippen molar-refractivity contribution < 1.29 is 14.3 Å². The number of rotatable bonds is 4. The number of halogens is 1. The third-order valence-corrected chi connectivity index (χ3v) is 4.65. The van der Waals surface area contributed by atoms with E-state index in [1.165, 1.54) is 12.1 Å². The fourth-order valence-corrected chi connectivity index (χ4v) is 2.83. The highest BCUT2D eigenvalue weighted by Gasteiger charge is 2.19. The van der Waals surface area contributed by atoms with E-state index in [-0.39, 0.29) is 11.0 Å². The second-order valence-electron chi connectivity index (χ2n) is 6.39. The molecule has 5 nitrogen and oxygen atoms in total. The topological polar surface area (TPSA) is 70.8 Å². The van der Waals surface area contributed by atoms with E-state index in [0.717, 1.165) is 11.3 Å². The molecule has 138 valence electrons. The van der Waals surface area contributed by atoms with E-state index < -0.39 is 22.7 Å². The number of aromatic hydroxyl groups is 1. The largest absolute Gasteiger partial charge is 0.506 e. The summed E-state index contributed by atoms with van der Waals surface area (Å²) in [7, 11) is 3.87. The second-order valence-corrected chi connectivity index (χ2v) is 6.80. The number of nitrogens with zero attached hydrogens (tertiary/aromatic N) is 1. The molecule has 6 heteroatoms. The van der Waals surface area contributed by atoms with Gasteiger partial charge in [-0.05, 0) is 48.4 Å². The van der Waals surface area contributed by atoms with Crippen molar-refractivity contribution in [2.24, 2.45) is 0 Å². The molecule has 1 aromatic heterocycles. The highest BCUT2D eigenvalue weighted by atomic mass is 35.5. The van der Waals surface area contributed by atoms with Gasteiger partial charge in [0.25, 0.3) is 0 Å². The van der Waals surface area contributed by atoms with Gasteiger partial charge in [0, 0.05) is 24.8 Å². The van der Waals surface area contributed by atoms with Crippen molar-refractivity contribution in [3.8, 4) is 5.75 Å². The van der Waals surface area contributed by atoms with Crippen LogP contribution in [0.15, 0.2) is 51.7 Å². The molecule has 0 saturated heterocycles. The van der Waals surface area contributed by atoms with Gasteiger partial charge in [-0.1, -0.05) is 29.8 Å². The summed E-state index contributed by atoms with van der Waals surface area (Å²) >= 11 is 6.07. The maximum Gasteiger partial charge on any atom is 0.351 e. The summed E-state index contributed by atoms with van der Waals surface area (Å²) < 4.78 is 5.19. The van der Waals surface area contributed by atoms with E-state index in [9.17, 15) is 14.7 Å². The van der Waals surface area contributed by atoms with Gasteiger partial charge in [0.15, 0.2) is 5.78 Å². The number of aryl methyl sites for hydroxylation is 1. The number of carbonyl (C=O) groups excluding carboxylic acids is 1. The van der Waals surface area contributed by atoms with Crippen molar-refractivity contribution in [2.75, 3.05) is 19.0 Å². The van der Waals surface area contributed by atoms with Crippen molar-refractivity contribution >= 4 is 40.1 Å². The first kappa shape index (κ1) is 18.7. The van der Waals surface area contributed by atoms with Crippen LogP contribution in [0.2, 0.25) is 5.02 Å². The third-order valence-electron chi connectivity index (χ3n) is 4.24. The fraction of sp³-hybridized carbons (Fsp3) is 0.143. The first-order valence-corrected chi connectivity index (χ1v) is 8.61. The molecule has 3 aromatic rings. The summed E-state index contributed by atoms with van der Waals surface area (Å²) in [6.07, 6.45) is 2.81. The number of ketones is 1. The van der Waals surface area contributed by atoms with Gasteiger partial charge in [0.2, 0.25) is 0 Å². The molecule has 0 aliphatic rings. The van der Waals surface area contributed by atoms with E-state index in [2.05, 4.69) is 0 Å². The molecule has 0 aliphatic carbocycles. The molecule has 0 radical (unpaired) electrons. The number of anilines is 1. The van der Waals surface area contributed by atoms with Crippen LogP contribution in [0.3, 0.4) is 0 Å². The van der Waals surface area contributed by atoms with Gasteiger partial charge in [-0.3, -0.25) is 4.79 Å². The second kappa shape index (κ2) is 7.29. The summed E-state index contributed by atoms with van der Waals surface area (Å²) in [5.74, 6) is -1.07. The molecule has 0 saturated carbocycles. The van der Waals surface area contributed by atoms with Gasteiger partial charge in [0.1, 0.15) is 16.9 Å². The van der Waals surface area contributed by atoms with Crippen molar-refractivity contribution in [3.05, 3.63) is 74.6 Å². The Labute approximate surface area is 161 Å². The molecular formula is C21H18ClNO4. The van der Waals surface area contributed by atoms with Gasteiger partial charge < -0.3 is 14.4 Å². The predicted octanol–water partition coefficient (Wildman–Crippen LogP) is 4.42. The van der Waals surface area contributed by atoms with Gasteiger partial charge >= 0.3 is 5.63 Å². The van der Waals surface area contributed by atoms with Crippen molar-refractivity contribution in [3.63, 3.8) is 0 Å². The Morgan fingerprint density at radius 3 is 2.48 bits per heavy atom. The first-order chi connectivity index (χ1) is 12.8. The lowest BCUT2D eigenvalue weighted by molar-refractivity contribution is 0.104. The van der Waals surface area contributed by atoms with Gasteiger partial charge in [-0.15, -0.1) is 0 Å². The molecule has 27 heavy (non-hydrogen) atoms. The molecule has 1 heterocycles. The minimum atomic E-state index is -0.890. The zero-order valence-electron chi connectivity index (χ0n) is 15.1. The normalized spacial score (nSPS) is 11.3. The van der Waals surface area contributed by atoms with Crippen LogP contribution in [0.4, 0.5) is 5.69 Å². The van der Waals surface area contributed by atoms with Crippen molar-refractivity contribution in [1.29, 1.82) is 0 Å². The van der Waals surface area contributed by atoms with Crippen molar-refractivity contribution in [2.45, 2.75) is 6.92 Å². The maximum atomic E-state index is 12.5. The zero-order valence-corrected chi connectivity index (χ0v) is 15.9. The predicted molar refractivity (Wildman–Crippen MR) is 108 cm³/mol. The van der Waals surface area contributed by atoms with E-state index >= 15 is 0 Å². The van der Waals surface area contributed by atoms with E-state index in [4.69, 9.17) is 16.0 Å². The molecule has 0 bridgehead atoms. The molecule has 0 atom stereocenters. The molecular weight excluding hydrogens is 366 g/mol. The lowest BCUT2D eigenvalue weighted by Crippen LogP contribution is -2.12. The molecule has 2 aromatic carbocycles. The van der Waals surface area contributed by atoms with Crippen LogP contribution in [-0.2, 0) is 0 Å². The molecule has 0 aliphatic heterocycles. The average molecular weight is 384 g/mol. The van der Waals surface area contributed by atoms with Crippen LogP contribution in [0, 0.1) is 6.92 Å².